The van der Waals surface area contributed by atoms with Gasteiger partial charge in [0.05, 0.1) is 6.54 Å². The van der Waals surface area contributed by atoms with E-state index >= 15 is 0 Å². The quantitative estimate of drug-likeness (QED) is 0.659. The Morgan fingerprint density at radius 1 is 1.18 bits per heavy atom. The lowest BCUT2D eigenvalue weighted by Crippen LogP contribution is -2.35. The second-order valence-corrected chi connectivity index (χ2v) is 7.19. The fourth-order valence-electron chi connectivity index (χ4n) is 2.98. The van der Waals surface area contributed by atoms with Crippen LogP contribution in [0, 0.1) is 12.7 Å². The molecular weight excluding hydrogens is 383 g/mol. The van der Waals surface area contributed by atoms with Gasteiger partial charge in [-0.05, 0) is 48.9 Å². The smallest absolute Gasteiger partial charge is 0.307 e. The number of fused-ring (bicyclic) bond motifs is 1. The third-order valence-corrected chi connectivity index (χ3v) is 5.37. The molecule has 6 nitrogen and oxygen atoms in total. The van der Waals surface area contributed by atoms with E-state index in [0.29, 0.717) is 17.2 Å². The van der Waals surface area contributed by atoms with Gasteiger partial charge in [0, 0.05) is 16.8 Å². The highest BCUT2D eigenvalue weighted by Gasteiger charge is 2.20. The largest absolute Gasteiger partial charge is 0.454 e. The van der Waals surface area contributed by atoms with Crippen molar-refractivity contribution in [1.82, 2.24) is 4.57 Å². The van der Waals surface area contributed by atoms with Gasteiger partial charge in [0.15, 0.2) is 11.5 Å². The van der Waals surface area contributed by atoms with Gasteiger partial charge in [0.2, 0.25) is 12.7 Å². The first-order valence-electron chi connectivity index (χ1n) is 8.60. The summed E-state index contributed by atoms with van der Waals surface area (Å²) < 4.78 is 25.5. The Morgan fingerprint density at radius 3 is 2.64 bits per heavy atom. The molecule has 0 unspecified atom stereocenters. The molecule has 4 rings (SSSR count). The van der Waals surface area contributed by atoms with Gasteiger partial charge >= 0.3 is 4.87 Å². The number of rotatable bonds is 5. The van der Waals surface area contributed by atoms with Crippen molar-refractivity contribution < 1.29 is 18.7 Å². The van der Waals surface area contributed by atoms with Crippen molar-refractivity contribution in [3.63, 3.8) is 0 Å². The lowest BCUT2D eigenvalue weighted by molar-refractivity contribution is -0.119. The number of hydrogen-bond donors (Lipinski definition) is 0. The van der Waals surface area contributed by atoms with E-state index in [1.807, 2.05) is 12.1 Å². The zero-order valence-electron chi connectivity index (χ0n) is 15.1. The summed E-state index contributed by atoms with van der Waals surface area (Å²) >= 11 is 1.06. The van der Waals surface area contributed by atoms with E-state index in [1.54, 1.807) is 30.5 Å². The van der Waals surface area contributed by atoms with E-state index in [-0.39, 0.29) is 36.5 Å². The molecular formula is C20H17FN2O4S. The molecule has 0 saturated carbocycles. The monoisotopic (exact) mass is 400 g/mol. The molecule has 0 bridgehead atoms. The number of carbonyl (C=O) groups excluding carboxylic acids is 1. The number of nitrogens with zero attached hydrogens (tertiary/aromatic N) is 2. The first-order chi connectivity index (χ1) is 13.5. The van der Waals surface area contributed by atoms with Gasteiger partial charge in [-0.2, -0.15) is 0 Å². The van der Waals surface area contributed by atoms with Crippen LogP contribution in [0.4, 0.5) is 10.1 Å². The molecule has 0 radical (unpaired) electrons. The van der Waals surface area contributed by atoms with Crippen LogP contribution in [-0.2, 0) is 17.9 Å². The van der Waals surface area contributed by atoms with E-state index in [9.17, 15) is 14.0 Å². The lowest BCUT2D eigenvalue weighted by atomic mass is 10.1. The Labute approximate surface area is 164 Å². The zero-order valence-corrected chi connectivity index (χ0v) is 15.9. The average Bonchev–Trinajstić information content (AvgIpc) is 3.28. The number of halogens is 1. The van der Waals surface area contributed by atoms with Crippen LogP contribution >= 0.6 is 11.3 Å². The maximum atomic E-state index is 13.4. The van der Waals surface area contributed by atoms with Gasteiger partial charge < -0.3 is 14.4 Å². The van der Waals surface area contributed by atoms with Gasteiger partial charge in [0.25, 0.3) is 0 Å². The van der Waals surface area contributed by atoms with Gasteiger partial charge in [-0.25, -0.2) is 4.39 Å². The van der Waals surface area contributed by atoms with Crippen LogP contribution < -0.4 is 19.2 Å². The topological polar surface area (TPSA) is 60.8 Å². The number of carbonyl (C=O) groups is 1. The second kappa shape index (κ2) is 7.47. The summed E-state index contributed by atoms with van der Waals surface area (Å²) in [6.45, 7) is 2.11. The molecule has 1 amide bonds. The summed E-state index contributed by atoms with van der Waals surface area (Å²) in [6.07, 6.45) is 0. The van der Waals surface area contributed by atoms with Crippen molar-refractivity contribution in [2.24, 2.45) is 0 Å². The van der Waals surface area contributed by atoms with E-state index in [1.165, 1.54) is 21.6 Å². The van der Waals surface area contributed by atoms with E-state index in [0.717, 1.165) is 22.6 Å². The SMILES string of the molecule is Cc1csc(=O)n1CC(=O)N(Cc1ccc2c(c1)OCO2)c1ccc(F)cc1. The Kier molecular flexibility index (Phi) is 4.87. The zero-order chi connectivity index (χ0) is 19.7. The highest BCUT2D eigenvalue weighted by molar-refractivity contribution is 7.07. The minimum absolute atomic E-state index is 0.0872. The molecule has 0 aliphatic carbocycles. The molecule has 1 aliphatic heterocycles. The molecule has 8 heteroatoms. The second-order valence-electron chi connectivity index (χ2n) is 6.37. The number of hydrogen-bond acceptors (Lipinski definition) is 5. The fraction of sp³-hybridized carbons (Fsp3) is 0.200. The molecule has 28 heavy (non-hydrogen) atoms. The number of thiazole rings is 1. The number of benzene rings is 2. The number of aryl methyl sites for hydroxylation is 1. The average molecular weight is 400 g/mol. The van der Waals surface area contributed by atoms with Crippen molar-refractivity contribution in [2.75, 3.05) is 11.7 Å². The third-order valence-electron chi connectivity index (χ3n) is 4.49. The summed E-state index contributed by atoms with van der Waals surface area (Å²) in [4.78, 5) is 26.4. The first kappa shape index (κ1) is 18.2. The van der Waals surface area contributed by atoms with Crippen molar-refractivity contribution in [3.05, 3.63) is 74.6 Å². The molecule has 3 aromatic rings. The minimum Gasteiger partial charge on any atom is -0.454 e. The van der Waals surface area contributed by atoms with Crippen molar-refractivity contribution >= 4 is 22.9 Å². The Balaban J connectivity index is 1.64. The molecule has 0 atom stereocenters. The number of aromatic nitrogens is 1. The van der Waals surface area contributed by atoms with Crippen LogP contribution in [-0.4, -0.2) is 17.3 Å². The van der Waals surface area contributed by atoms with Gasteiger partial charge in [-0.3, -0.25) is 14.2 Å². The normalized spacial score (nSPS) is 12.2. The summed E-state index contributed by atoms with van der Waals surface area (Å²) in [6, 6.07) is 11.1. The van der Waals surface area contributed by atoms with Crippen LogP contribution in [0.15, 0.2) is 52.6 Å². The summed E-state index contributed by atoms with van der Waals surface area (Å²) in [5.41, 5.74) is 2.10. The van der Waals surface area contributed by atoms with Crippen LogP contribution in [0.1, 0.15) is 11.3 Å². The molecule has 0 spiro atoms. The minimum atomic E-state index is -0.385. The Hall–Kier alpha value is -3.13. The van der Waals surface area contributed by atoms with Gasteiger partial charge in [-0.15, -0.1) is 0 Å². The molecule has 2 heterocycles. The van der Waals surface area contributed by atoms with E-state index in [2.05, 4.69) is 0 Å². The molecule has 2 aromatic carbocycles. The van der Waals surface area contributed by atoms with E-state index < -0.39 is 0 Å². The summed E-state index contributed by atoms with van der Waals surface area (Å²) in [5.74, 6) is 0.620. The van der Waals surface area contributed by atoms with Gasteiger partial charge in [0.1, 0.15) is 12.4 Å². The highest BCUT2D eigenvalue weighted by Crippen LogP contribution is 2.33. The third kappa shape index (κ3) is 3.63. The Morgan fingerprint density at radius 2 is 1.93 bits per heavy atom. The predicted octanol–water partition coefficient (Wildman–Crippen LogP) is 3.32. The standard InChI is InChI=1S/C20H17FN2O4S/c1-13-11-28-20(25)22(13)10-19(24)23(16-5-3-15(21)4-6-16)9-14-2-7-17-18(8-14)27-12-26-17/h2-8,11H,9-10,12H2,1H3. The van der Waals surface area contributed by atoms with Crippen LogP contribution in [0.5, 0.6) is 11.5 Å². The number of ether oxygens (including phenoxy) is 2. The number of amides is 1. The van der Waals surface area contributed by atoms with Crippen LogP contribution in [0.3, 0.4) is 0 Å². The molecule has 0 fully saturated rings. The summed E-state index contributed by atoms with van der Waals surface area (Å²) in [7, 11) is 0. The molecule has 144 valence electrons. The van der Waals surface area contributed by atoms with Crippen molar-refractivity contribution in [3.8, 4) is 11.5 Å². The maximum absolute atomic E-state index is 13.4. The maximum Gasteiger partial charge on any atom is 0.307 e. The van der Waals surface area contributed by atoms with E-state index in [4.69, 9.17) is 9.47 Å². The molecule has 1 aromatic heterocycles. The molecule has 0 N–H and O–H groups in total. The first-order valence-corrected chi connectivity index (χ1v) is 9.48. The van der Waals surface area contributed by atoms with Crippen molar-refractivity contribution in [2.45, 2.75) is 20.0 Å². The molecule has 0 saturated heterocycles. The summed E-state index contributed by atoms with van der Waals surface area (Å²) in [5, 5.41) is 1.72. The fourth-order valence-corrected chi connectivity index (χ4v) is 3.72. The predicted molar refractivity (Wildman–Crippen MR) is 103 cm³/mol. The Bertz CT molecular complexity index is 1070. The number of anilines is 1. The van der Waals surface area contributed by atoms with Crippen LogP contribution in [0.25, 0.3) is 0 Å². The lowest BCUT2D eigenvalue weighted by Gasteiger charge is -2.23. The van der Waals surface area contributed by atoms with Crippen molar-refractivity contribution in [1.29, 1.82) is 0 Å². The van der Waals surface area contributed by atoms with Gasteiger partial charge in [-0.1, -0.05) is 17.4 Å². The molecule has 1 aliphatic rings. The van der Waals surface area contributed by atoms with Crippen LogP contribution in [0.2, 0.25) is 0 Å². The highest BCUT2D eigenvalue weighted by atomic mass is 32.1.